The number of halogens is 1. The summed E-state index contributed by atoms with van der Waals surface area (Å²) in [4.78, 5) is 19.2. The minimum atomic E-state index is -0.317. The van der Waals surface area contributed by atoms with E-state index in [1.54, 1.807) is 42.3 Å². The lowest BCUT2D eigenvalue weighted by molar-refractivity contribution is 0.205. The van der Waals surface area contributed by atoms with Crippen molar-refractivity contribution in [1.82, 2.24) is 20.1 Å². The van der Waals surface area contributed by atoms with Gasteiger partial charge in [0.15, 0.2) is 5.82 Å². The van der Waals surface area contributed by atoms with Crippen molar-refractivity contribution in [3.05, 3.63) is 54.1 Å². The highest BCUT2D eigenvalue weighted by Gasteiger charge is 2.33. The van der Waals surface area contributed by atoms with Crippen molar-refractivity contribution in [3.63, 3.8) is 0 Å². The first kappa shape index (κ1) is 19.7. The van der Waals surface area contributed by atoms with Crippen molar-refractivity contribution in [2.24, 2.45) is 0 Å². The van der Waals surface area contributed by atoms with Crippen molar-refractivity contribution < 1.29 is 18.7 Å². The maximum atomic E-state index is 13.2. The summed E-state index contributed by atoms with van der Waals surface area (Å²) in [5.74, 6) is 1.90. The third kappa shape index (κ3) is 3.91. The molecule has 1 aliphatic heterocycles. The number of ether oxygens (including phenoxy) is 2. The van der Waals surface area contributed by atoms with Crippen LogP contribution in [0, 0.1) is 5.82 Å². The molecule has 3 aromatic rings. The standard InChI is InChI=1S/C21H22FN5O3/c1-29-15-9-10-16(18(12-15)30-2)23-21(28)27-11-3-4-17(27)20-24-19(25-26-20)13-5-7-14(22)8-6-13/h5-10,12,17H,3-4,11H2,1-2H3,(H,23,28)(H,24,25,26). The van der Waals surface area contributed by atoms with E-state index in [0.29, 0.717) is 40.9 Å². The fourth-order valence-corrected chi connectivity index (χ4v) is 3.53. The summed E-state index contributed by atoms with van der Waals surface area (Å²) in [6.45, 7) is 0.599. The lowest BCUT2D eigenvalue weighted by Crippen LogP contribution is -2.35. The molecule has 9 heteroatoms. The number of benzene rings is 2. The average Bonchev–Trinajstić information content (AvgIpc) is 3.44. The molecule has 0 radical (unpaired) electrons. The number of amides is 2. The number of rotatable bonds is 5. The monoisotopic (exact) mass is 411 g/mol. The number of aromatic nitrogens is 3. The fraction of sp³-hybridized carbons (Fsp3) is 0.286. The number of hydrogen-bond donors (Lipinski definition) is 2. The molecule has 0 bridgehead atoms. The van der Waals surface area contributed by atoms with Crippen LogP contribution in [0.5, 0.6) is 11.5 Å². The number of anilines is 1. The van der Waals surface area contributed by atoms with Gasteiger partial charge in [-0.05, 0) is 49.2 Å². The summed E-state index contributed by atoms with van der Waals surface area (Å²) in [5, 5.41) is 10.1. The van der Waals surface area contributed by atoms with Gasteiger partial charge in [-0.1, -0.05) is 0 Å². The van der Waals surface area contributed by atoms with Gasteiger partial charge in [0.1, 0.15) is 23.1 Å². The molecular formula is C21H22FN5O3. The van der Waals surface area contributed by atoms with Crippen LogP contribution in [-0.2, 0) is 0 Å². The Labute approximate surface area is 173 Å². The number of nitrogens with zero attached hydrogens (tertiary/aromatic N) is 3. The zero-order valence-electron chi connectivity index (χ0n) is 16.7. The van der Waals surface area contributed by atoms with Crippen LogP contribution in [0.2, 0.25) is 0 Å². The molecular weight excluding hydrogens is 389 g/mol. The second-order valence-corrected chi connectivity index (χ2v) is 6.90. The molecule has 4 rings (SSSR count). The Hall–Kier alpha value is -3.62. The highest BCUT2D eigenvalue weighted by molar-refractivity contribution is 5.91. The summed E-state index contributed by atoms with van der Waals surface area (Å²) in [6.07, 6.45) is 1.62. The largest absolute Gasteiger partial charge is 0.497 e. The Balaban J connectivity index is 1.51. The minimum Gasteiger partial charge on any atom is -0.497 e. The van der Waals surface area contributed by atoms with Gasteiger partial charge in [-0.2, -0.15) is 5.10 Å². The van der Waals surface area contributed by atoms with Crippen LogP contribution in [0.3, 0.4) is 0 Å². The van der Waals surface area contributed by atoms with E-state index in [0.717, 1.165) is 12.8 Å². The summed E-state index contributed by atoms with van der Waals surface area (Å²) in [5.41, 5.74) is 1.26. The van der Waals surface area contributed by atoms with E-state index in [-0.39, 0.29) is 17.9 Å². The van der Waals surface area contributed by atoms with Crippen LogP contribution in [-0.4, -0.2) is 46.9 Å². The van der Waals surface area contributed by atoms with E-state index in [1.807, 2.05) is 0 Å². The SMILES string of the molecule is COc1ccc(NC(=O)N2CCCC2c2nc(-c3ccc(F)cc3)n[nH]2)c(OC)c1. The molecule has 2 aromatic carbocycles. The molecule has 1 unspecified atom stereocenters. The Morgan fingerprint density at radius 1 is 1.20 bits per heavy atom. The summed E-state index contributed by atoms with van der Waals surface area (Å²) in [6, 6.07) is 10.7. The van der Waals surface area contributed by atoms with Gasteiger partial charge in [0.25, 0.3) is 0 Å². The molecule has 0 aliphatic carbocycles. The molecule has 1 aromatic heterocycles. The molecule has 30 heavy (non-hydrogen) atoms. The molecule has 156 valence electrons. The quantitative estimate of drug-likeness (QED) is 0.662. The molecule has 1 atom stereocenters. The number of H-pyrrole nitrogens is 1. The lowest BCUT2D eigenvalue weighted by atomic mass is 10.2. The van der Waals surface area contributed by atoms with Crippen LogP contribution in [0.1, 0.15) is 24.7 Å². The highest BCUT2D eigenvalue weighted by Crippen LogP contribution is 2.33. The second-order valence-electron chi connectivity index (χ2n) is 6.90. The van der Waals surface area contributed by atoms with E-state index in [9.17, 15) is 9.18 Å². The molecule has 2 amide bonds. The Kier molecular flexibility index (Phi) is 5.51. The first-order valence-electron chi connectivity index (χ1n) is 9.57. The average molecular weight is 411 g/mol. The first-order valence-corrected chi connectivity index (χ1v) is 9.57. The van der Waals surface area contributed by atoms with Crippen molar-refractivity contribution in [1.29, 1.82) is 0 Å². The van der Waals surface area contributed by atoms with Crippen molar-refractivity contribution in [2.45, 2.75) is 18.9 Å². The summed E-state index contributed by atoms with van der Waals surface area (Å²) in [7, 11) is 3.11. The lowest BCUT2D eigenvalue weighted by Gasteiger charge is -2.23. The topological polar surface area (TPSA) is 92.4 Å². The Morgan fingerprint density at radius 3 is 2.73 bits per heavy atom. The zero-order valence-corrected chi connectivity index (χ0v) is 16.7. The first-order chi connectivity index (χ1) is 14.6. The van der Waals surface area contributed by atoms with E-state index in [1.165, 1.54) is 19.2 Å². The molecule has 1 fully saturated rings. The molecule has 1 saturated heterocycles. The molecule has 0 spiro atoms. The number of urea groups is 1. The number of nitrogens with one attached hydrogen (secondary N) is 2. The van der Waals surface area contributed by atoms with Gasteiger partial charge in [-0.3, -0.25) is 5.10 Å². The van der Waals surface area contributed by atoms with Crippen LogP contribution < -0.4 is 14.8 Å². The molecule has 2 heterocycles. The number of hydrogen-bond acceptors (Lipinski definition) is 5. The van der Waals surface area contributed by atoms with Gasteiger partial charge < -0.3 is 19.7 Å². The van der Waals surface area contributed by atoms with Gasteiger partial charge in [-0.25, -0.2) is 14.2 Å². The third-order valence-electron chi connectivity index (χ3n) is 5.08. The van der Waals surface area contributed by atoms with Crippen LogP contribution in [0.15, 0.2) is 42.5 Å². The number of likely N-dealkylation sites (tertiary alicyclic amines) is 1. The third-order valence-corrected chi connectivity index (χ3v) is 5.08. The normalized spacial score (nSPS) is 15.8. The summed E-state index contributed by atoms with van der Waals surface area (Å²) < 4.78 is 23.7. The minimum absolute atomic E-state index is 0.226. The van der Waals surface area contributed by atoms with Gasteiger partial charge in [0.2, 0.25) is 0 Å². The molecule has 2 N–H and O–H groups in total. The number of carbonyl (C=O) groups is 1. The Morgan fingerprint density at radius 2 is 2.00 bits per heavy atom. The zero-order chi connectivity index (χ0) is 21.1. The molecule has 0 saturated carbocycles. The van der Waals surface area contributed by atoms with Crippen LogP contribution in [0.4, 0.5) is 14.9 Å². The predicted octanol–water partition coefficient (Wildman–Crippen LogP) is 4.00. The van der Waals surface area contributed by atoms with Crippen molar-refractivity contribution in [3.8, 4) is 22.9 Å². The van der Waals surface area contributed by atoms with Crippen LogP contribution >= 0.6 is 0 Å². The molecule has 8 nitrogen and oxygen atoms in total. The van der Waals surface area contributed by atoms with Crippen molar-refractivity contribution >= 4 is 11.7 Å². The number of methoxy groups -OCH3 is 2. The van der Waals surface area contributed by atoms with Crippen LogP contribution in [0.25, 0.3) is 11.4 Å². The molecule has 1 aliphatic rings. The maximum Gasteiger partial charge on any atom is 0.322 e. The predicted molar refractivity (Wildman–Crippen MR) is 109 cm³/mol. The second kappa shape index (κ2) is 8.40. The van der Waals surface area contributed by atoms with Gasteiger partial charge in [0.05, 0.1) is 25.9 Å². The van der Waals surface area contributed by atoms with Gasteiger partial charge in [-0.15, -0.1) is 0 Å². The Bertz CT molecular complexity index is 1040. The highest BCUT2D eigenvalue weighted by atomic mass is 19.1. The fourth-order valence-electron chi connectivity index (χ4n) is 3.53. The van der Waals surface area contributed by atoms with E-state index in [2.05, 4.69) is 20.5 Å². The van der Waals surface area contributed by atoms with Crippen molar-refractivity contribution in [2.75, 3.05) is 26.1 Å². The smallest absolute Gasteiger partial charge is 0.322 e. The number of carbonyl (C=O) groups excluding carboxylic acids is 1. The van der Waals surface area contributed by atoms with E-state index >= 15 is 0 Å². The maximum absolute atomic E-state index is 13.2. The number of aromatic amines is 1. The van der Waals surface area contributed by atoms with Gasteiger partial charge in [0, 0.05) is 18.2 Å². The van der Waals surface area contributed by atoms with E-state index < -0.39 is 0 Å². The van der Waals surface area contributed by atoms with Gasteiger partial charge >= 0.3 is 6.03 Å². The van der Waals surface area contributed by atoms with E-state index in [4.69, 9.17) is 9.47 Å². The summed E-state index contributed by atoms with van der Waals surface area (Å²) >= 11 is 0.